The molecule has 4 heteroatoms. The first-order valence-corrected chi connectivity index (χ1v) is 6.94. The molecule has 0 spiro atoms. The van der Waals surface area contributed by atoms with E-state index in [0.29, 0.717) is 13.2 Å². The SMILES string of the molecule is CCO[Si](C)(O)OCc1ccccc1. The topological polar surface area (TPSA) is 38.7 Å². The van der Waals surface area contributed by atoms with Crippen molar-refractivity contribution in [3.63, 3.8) is 0 Å². The van der Waals surface area contributed by atoms with Gasteiger partial charge in [-0.05, 0) is 12.5 Å². The molecule has 78 valence electrons. The van der Waals surface area contributed by atoms with E-state index in [1.807, 2.05) is 37.3 Å². The lowest BCUT2D eigenvalue weighted by Gasteiger charge is -2.18. The molecule has 0 aromatic heterocycles. The maximum Gasteiger partial charge on any atom is 0.495 e. The predicted molar refractivity (Wildman–Crippen MR) is 56.7 cm³/mol. The Morgan fingerprint density at radius 1 is 1.21 bits per heavy atom. The Bertz CT molecular complexity index is 261. The van der Waals surface area contributed by atoms with E-state index >= 15 is 0 Å². The average molecular weight is 212 g/mol. The van der Waals surface area contributed by atoms with E-state index in [1.165, 1.54) is 0 Å². The van der Waals surface area contributed by atoms with Crippen LogP contribution >= 0.6 is 0 Å². The number of benzene rings is 1. The summed E-state index contributed by atoms with van der Waals surface area (Å²) in [4.78, 5) is 9.67. The molecule has 1 unspecified atom stereocenters. The zero-order valence-electron chi connectivity index (χ0n) is 8.56. The third kappa shape index (κ3) is 4.02. The summed E-state index contributed by atoms with van der Waals surface area (Å²) >= 11 is 0. The van der Waals surface area contributed by atoms with Crippen LogP contribution in [0.15, 0.2) is 30.3 Å². The lowest BCUT2D eigenvalue weighted by molar-refractivity contribution is 0.103. The quantitative estimate of drug-likeness (QED) is 0.756. The van der Waals surface area contributed by atoms with E-state index in [2.05, 4.69) is 0 Å². The van der Waals surface area contributed by atoms with Crippen molar-refractivity contribution < 1.29 is 13.6 Å². The van der Waals surface area contributed by atoms with E-state index in [9.17, 15) is 4.80 Å². The van der Waals surface area contributed by atoms with Crippen molar-refractivity contribution in [1.29, 1.82) is 0 Å². The molecule has 1 aromatic carbocycles. The Kier molecular flexibility index (Phi) is 4.28. The number of rotatable bonds is 5. The minimum atomic E-state index is -2.89. The molecule has 1 aromatic rings. The summed E-state index contributed by atoms with van der Waals surface area (Å²) in [7, 11) is -2.89. The van der Waals surface area contributed by atoms with E-state index < -0.39 is 8.80 Å². The molecule has 0 aliphatic heterocycles. The van der Waals surface area contributed by atoms with Crippen LogP contribution in [0, 0.1) is 0 Å². The molecule has 0 aliphatic carbocycles. The molecule has 0 heterocycles. The summed E-state index contributed by atoms with van der Waals surface area (Å²) in [5.74, 6) is 0. The van der Waals surface area contributed by atoms with Gasteiger partial charge in [-0.25, -0.2) is 0 Å². The Morgan fingerprint density at radius 2 is 1.86 bits per heavy atom. The Morgan fingerprint density at radius 3 is 2.43 bits per heavy atom. The highest BCUT2D eigenvalue weighted by atomic mass is 28.4. The van der Waals surface area contributed by atoms with Crippen LogP contribution in [0.3, 0.4) is 0 Å². The summed E-state index contributed by atoms with van der Waals surface area (Å²) in [6.07, 6.45) is 0. The largest absolute Gasteiger partial charge is 0.495 e. The summed E-state index contributed by atoms with van der Waals surface area (Å²) < 4.78 is 10.5. The van der Waals surface area contributed by atoms with Crippen LogP contribution in [0.25, 0.3) is 0 Å². The van der Waals surface area contributed by atoms with Gasteiger partial charge in [0, 0.05) is 13.2 Å². The van der Waals surface area contributed by atoms with Crippen molar-refractivity contribution in [2.24, 2.45) is 0 Å². The van der Waals surface area contributed by atoms with E-state index in [1.54, 1.807) is 6.55 Å². The first kappa shape index (κ1) is 11.4. The van der Waals surface area contributed by atoms with Crippen LogP contribution in [0.4, 0.5) is 0 Å². The third-order valence-electron chi connectivity index (χ3n) is 1.76. The molecular weight excluding hydrogens is 196 g/mol. The smallest absolute Gasteiger partial charge is 0.390 e. The predicted octanol–water partition coefficient (Wildman–Crippen LogP) is 1.80. The Hall–Kier alpha value is -0.683. The molecule has 0 aliphatic rings. The molecule has 0 fully saturated rings. The van der Waals surface area contributed by atoms with Crippen LogP contribution < -0.4 is 0 Å². The van der Waals surface area contributed by atoms with Gasteiger partial charge >= 0.3 is 8.80 Å². The third-order valence-corrected chi connectivity index (χ3v) is 3.27. The van der Waals surface area contributed by atoms with Crippen LogP contribution in [0.5, 0.6) is 0 Å². The highest BCUT2D eigenvalue weighted by molar-refractivity contribution is 6.57. The number of hydrogen-bond donors (Lipinski definition) is 1. The van der Waals surface area contributed by atoms with Gasteiger partial charge in [-0.3, -0.25) is 0 Å². The molecule has 1 rings (SSSR count). The zero-order chi connectivity index (χ0) is 10.4. The van der Waals surface area contributed by atoms with Crippen molar-refractivity contribution in [2.45, 2.75) is 20.1 Å². The van der Waals surface area contributed by atoms with Gasteiger partial charge in [-0.1, -0.05) is 30.3 Å². The fourth-order valence-electron chi connectivity index (χ4n) is 1.10. The maximum absolute atomic E-state index is 9.67. The van der Waals surface area contributed by atoms with E-state index in [0.717, 1.165) is 5.56 Å². The Labute approximate surface area is 85.7 Å². The Balaban J connectivity index is 2.40. The summed E-state index contributed by atoms with van der Waals surface area (Å²) in [6, 6.07) is 9.74. The van der Waals surface area contributed by atoms with E-state index in [4.69, 9.17) is 8.85 Å². The van der Waals surface area contributed by atoms with Crippen LogP contribution in [-0.2, 0) is 15.5 Å². The molecule has 0 saturated heterocycles. The summed E-state index contributed by atoms with van der Waals surface area (Å²) in [5.41, 5.74) is 1.04. The molecule has 0 bridgehead atoms. The monoisotopic (exact) mass is 212 g/mol. The highest BCUT2D eigenvalue weighted by Crippen LogP contribution is 2.07. The summed E-state index contributed by atoms with van der Waals surface area (Å²) in [6.45, 7) is 4.35. The second-order valence-electron chi connectivity index (χ2n) is 3.11. The van der Waals surface area contributed by atoms with Gasteiger partial charge in [0.2, 0.25) is 0 Å². The van der Waals surface area contributed by atoms with Gasteiger partial charge in [0.05, 0.1) is 6.61 Å². The van der Waals surface area contributed by atoms with Gasteiger partial charge in [0.15, 0.2) is 0 Å². The molecule has 0 radical (unpaired) electrons. The lowest BCUT2D eigenvalue weighted by atomic mass is 10.2. The zero-order valence-corrected chi connectivity index (χ0v) is 9.56. The standard InChI is InChI=1S/C10H16O3Si/c1-3-12-14(2,11)13-9-10-7-5-4-6-8-10/h4-8,11H,3,9H2,1-2H3. The first-order chi connectivity index (χ1) is 6.64. The van der Waals surface area contributed by atoms with Gasteiger partial charge < -0.3 is 13.6 Å². The molecule has 14 heavy (non-hydrogen) atoms. The highest BCUT2D eigenvalue weighted by Gasteiger charge is 2.28. The van der Waals surface area contributed by atoms with Gasteiger partial charge in [-0.15, -0.1) is 0 Å². The minimum absolute atomic E-state index is 0.403. The second-order valence-corrected chi connectivity index (χ2v) is 5.48. The molecule has 1 N–H and O–H groups in total. The molecule has 1 atom stereocenters. The molecular formula is C10H16O3Si. The maximum atomic E-state index is 9.67. The second kappa shape index (κ2) is 5.26. The lowest BCUT2D eigenvalue weighted by Crippen LogP contribution is -2.38. The van der Waals surface area contributed by atoms with Crippen molar-refractivity contribution in [2.75, 3.05) is 6.61 Å². The van der Waals surface area contributed by atoms with Gasteiger partial charge in [0.25, 0.3) is 0 Å². The van der Waals surface area contributed by atoms with Crippen LogP contribution in [0.2, 0.25) is 6.55 Å². The minimum Gasteiger partial charge on any atom is -0.390 e. The van der Waals surface area contributed by atoms with Crippen LogP contribution in [-0.4, -0.2) is 20.2 Å². The molecule has 0 saturated carbocycles. The van der Waals surface area contributed by atoms with Crippen molar-refractivity contribution in [3.8, 4) is 0 Å². The van der Waals surface area contributed by atoms with Crippen molar-refractivity contribution in [1.82, 2.24) is 0 Å². The number of hydrogen-bond acceptors (Lipinski definition) is 3. The van der Waals surface area contributed by atoms with Crippen molar-refractivity contribution in [3.05, 3.63) is 35.9 Å². The van der Waals surface area contributed by atoms with Gasteiger partial charge in [0.1, 0.15) is 0 Å². The molecule has 3 nitrogen and oxygen atoms in total. The normalized spacial score (nSPS) is 15.1. The fourth-order valence-corrected chi connectivity index (χ4v) is 2.15. The summed E-state index contributed by atoms with van der Waals surface area (Å²) in [5, 5.41) is 0. The van der Waals surface area contributed by atoms with Crippen LogP contribution in [0.1, 0.15) is 12.5 Å². The average Bonchev–Trinajstić information content (AvgIpc) is 2.17. The van der Waals surface area contributed by atoms with E-state index in [-0.39, 0.29) is 0 Å². The van der Waals surface area contributed by atoms with Gasteiger partial charge in [-0.2, -0.15) is 0 Å². The van der Waals surface area contributed by atoms with Crippen molar-refractivity contribution >= 4 is 8.80 Å². The first-order valence-electron chi connectivity index (χ1n) is 4.68. The fraction of sp³-hybridized carbons (Fsp3) is 0.400. The molecule has 0 amide bonds.